The van der Waals surface area contributed by atoms with Gasteiger partial charge in [0, 0.05) is 32.0 Å². The number of hydrogen-bond acceptors (Lipinski definition) is 6. The number of nitrogens with zero attached hydrogens (tertiary/aromatic N) is 1. The summed E-state index contributed by atoms with van der Waals surface area (Å²) in [6.07, 6.45) is 3.75. The quantitative estimate of drug-likeness (QED) is 0.112. The topological polar surface area (TPSA) is 198 Å². The van der Waals surface area contributed by atoms with Crippen molar-refractivity contribution in [2.24, 2.45) is 28.3 Å². The Balaban J connectivity index is 1.66. The van der Waals surface area contributed by atoms with Gasteiger partial charge in [-0.1, -0.05) is 18.2 Å². The standard InChI is InChI=1S/C22H34N6O6S/c23-22(24)25-12-4-7-19(29)26-13-15-8-10-16(11-9-15)20(30)27-14-18(21(31)32)28-35(33)34-17-5-2-1-3-6-17/h1-3,5-6,15-16,18,28H,4,7-14H2,(H,26,29)(H,27,30)(H,31,32)(H4,23,24,25). The third-order valence-corrected chi connectivity index (χ3v) is 6.41. The maximum absolute atomic E-state index is 12.5. The van der Waals surface area contributed by atoms with E-state index >= 15 is 0 Å². The van der Waals surface area contributed by atoms with Crippen molar-refractivity contribution >= 4 is 35.0 Å². The lowest BCUT2D eigenvalue weighted by Crippen LogP contribution is -2.48. The molecule has 1 aromatic carbocycles. The molecule has 13 heteroatoms. The molecule has 1 aliphatic rings. The number of nitrogens with one attached hydrogen (secondary N) is 3. The third-order valence-electron chi connectivity index (χ3n) is 5.59. The first-order chi connectivity index (χ1) is 16.7. The van der Waals surface area contributed by atoms with Crippen molar-refractivity contribution in [2.45, 2.75) is 44.6 Å². The molecule has 35 heavy (non-hydrogen) atoms. The minimum Gasteiger partial charge on any atom is -0.480 e. The maximum atomic E-state index is 12.5. The minimum atomic E-state index is -2.09. The Morgan fingerprint density at radius 1 is 1.11 bits per heavy atom. The van der Waals surface area contributed by atoms with Gasteiger partial charge in [-0.25, -0.2) is 0 Å². The number of para-hydroxylation sites is 1. The summed E-state index contributed by atoms with van der Waals surface area (Å²) in [5.74, 6) is -1.17. The number of rotatable bonds is 14. The van der Waals surface area contributed by atoms with Crippen molar-refractivity contribution in [1.82, 2.24) is 15.4 Å². The van der Waals surface area contributed by atoms with E-state index in [-0.39, 0.29) is 36.2 Å². The van der Waals surface area contributed by atoms with Crippen LogP contribution in [0.2, 0.25) is 0 Å². The number of carboxylic acid groups (broad SMARTS) is 1. The van der Waals surface area contributed by atoms with Crippen LogP contribution in [-0.4, -0.2) is 58.7 Å². The Bertz CT molecular complexity index is 888. The predicted molar refractivity (Wildman–Crippen MR) is 131 cm³/mol. The second kappa shape index (κ2) is 14.9. The molecule has 1 fully saturated rings. The van der Waals surface area contributed by atoms with Crippen molar-refractivity contribution in [1.29, 1.82) is 0 Å². The van der Waals surface area contributed by atoms with Crippen molar-refractivity contribution in [3.63, 3.8) is 0 Å². The van der Waals surface area contributed by atoms with Crippen molar-refractivity contribution < 1.29 is 27.9 Å². The summed E-state index contributed by atoms with van der Waals surface area (Å²) >= 11 is -2.09. The monoisotopic (exact) mass is 510 g/mol. The molecule has 1 aliphatic carbocycles. The largest absolute Gasteiger partial charge is 0.480 e. The minimum absolute atomic E-state index is 0.00740. The van der Waals surface area contributed by atoms with Crippen LogP contribution in [-0.2, 0) is 25.7 Å². The Hall–Kier alpha value is -3.19. The van der Waals surface area contributed by atoms with Crippen LogP contribution >= 0.6 is 0 Å². The highest BCUT2D eigenvalue weighted by atomic mass is 32.2. The van der Waals surface area contributed by atoms with Gasteiger partial charge in [-0.15, -0.1) is 0 Å². The molecule has 1 saturated carbocycles. The zero-order valence-corrected chi connectivity index (χ0v) is 20.3. The van der Waals surface area contributed by atoms with Crippen LogP contribution in [0.4, 0.5) is 0 Å². The highest BCUT2D eigenvalue weighted by molar-refractivity contribution is 7.78. The molecule has 0 saturated heterocycles. The summed E-state index contributed by atoms with van der Waals surface area (Å²) in [6.45, 7) is 0.728. The smallest absolute Gasteiger partial charge is 0.323 e. The number of hydrogen-bond donors (Lipinski definition) is 6. The first-order valence-corrected chi connectivity index (χ1v) is 12.6. The van der Waals surface area contributed by atoms with Crippen LogP contribution in [0.15, 0.2) is 35.3 Å². The van der Waals surface area contributed by atoms with E-state index in [0.717, 1.165) is 12.8 Å². The highest BCUT2D eigenvalue weighted by Gasteiger charge is 2.28. The van der Waals surface area contributed by atoms with Gasteiger partial charge in [0.05, 0.1) is 0 Å². The Morgan fingerprint density at radius 3 is 2.43 bits per heavy atom. The number of carboxylic acids is 1. The van der Waals surface area contributed by atoms with E-state index in [1.165, 1.54) is 0 Å². The van der Waals surface area contributed by atoms with E-state index < -0.39 is 23.3 Å². The number of carbonyl (C=O) groups is 3. The lowest BCUT2D eigenvalue weighted by molar-refractivity contribution is -0.139. The summed E-state index contributed by atoms with van der Waals surface area (Å²) in [4.78, 5) is 39.8. The van der Waals surface area contributed by atoms with Gasteiger partial charge in [-0.05, 0) is 50.2 Å². The van der Waals surface area contributed by atoms with E-state index in [0.29, 0.717) is 44.5 Å². The van der Waals surface area contributed by atoms with Crippen LogP contribution in [0.5, 0.6) is 5.75 Å². The molecular formula is C22H34N6O6S. The van der Waals surface area contributed by atoms with Crippen LogP contribution in [0.25, 0.3) is 0 Å². The Kier molecular flexibility index (Phi) is 12.0. The molecule has 2 unspecified atom stereocenters. The van der Waals surface area contributed by atoms with Gasteiger partial charge in [0.15, 0.2) is 5.96 Å². The number of aliphatic imine (C=N–C) groups is 1. The van der Waals surface area contributed by atoms with Gasteiger partial charge in [0.25, 0.3) is 11.3 Å². The molecule has 1 aromatic rings. The molecule has 0 bridgehead atoms. The second-order valence-corrected chi connectivity index (χ2v) is 9.19. The summed E-state index contributed by atoms with van der Waals surface area (Å²) < 4.78 is 19.6. The van der Waals surface area contributed by atoms with Crippen LogP contribution in [0.1, 0.15) is 38.5 Å². The molecule has 0 radical (unpaired) electrons. The average Bonchev–Trinajstić information content (AvgIpc) is 2.83. The summed E-state index contributed by atoms with van der Waals surface area (Å²) in [5, 5.41) is 14.9. The predicted octanol–water partition coefficient (Wildman–Crippen LogP) is -0.221. The summed E-state index contributed by atoms with van der Waals surface area (Å²) in [7, 11) is 0. The normalized spacial score (nSPS) is 19.1. The lowest BCUT2D eigenvalue weighted by Gasteiger charge is -2.28. The number of nitrogens with two attached hydrogens (primary N) is 2. The van der Waals surface area contributed by atoms with Gasteiger partial charge >= 0.3 is 5.97 Å². The van der Waals surface area contributed by atoms with E-state index in [1.807, 2.05) is 0 Å². The molecule has 0 heterocycles. The fourth-order valence-electron chi connectivity index (χ4n) is 3.65. The van der Waals surface area contributed by atoms with Gasteiger partial charge < -0.3 is 31.4 Å². The molecule has 0 aliphatic heterocycles. The Morgan fingerprint density at radius 2 is 1.80 bits per heavy atom. The number of amides is 2. The van der Waals surface area contributed by atoms with Crippen molar-refractivity contribution in [3.05, 3.63) is 30.3 Å². The van der Waals surface area contributed by atoms with Gasteiger partial charge in [-0.2, -0.15) is 8.93 Å². The summed E-state index contributed by atoms with van der Waals surface area (Å²) in [5.41, 5.74) is 10.5. The van der Waals surface area contributed by atoms with E-state index in [4.69, 9.17) is 15.7 Å². The van der Waals surface area contributed by atoms with Crippen LogP contribution in [0, 0.1) is 11.8 Å². The SMILES string of the molecule is NC(N)=NCCCC(=O)NCC1CCC(C(=O)NCC(NS(=O)Oc2ccccc2)C(=O)O)CC1. The zero-order chi connectivity index (χ0) is 25.6. The summed E-state index contributed by atoms with van der Waals surface area (Å²) in [6, 6.07) is 7.06. The molecule has 2 atom stereocenters. The number of benzene rings is 1. The maximum Gasteiger partial charge on any atom is 0.323 e. The zero-order valence-electron chi connectivity index (χ0n) is 19.5. The van der Waals surface area contributed by atoms with Crippen LogP contribution < -0.4 is 31.0 Å². The second-order valence-electron chi connectivity index (χ2n) is 8.32. The average molecular weight is 511 g/mol. The molecule has 8 N–H and O–H groups in total. The van der Waals surface area contributed by atoms with E-state index in [1.54, 1.807) is 30.3 Å². The molecule has 194 valence electrons. The third kappa shape index (κ3) is 11.2. The van der Waals surface area contributed by atoms with Crippen molar-refractivity contribution in [3.8, 4) is 5.75 Å². The van der Waals surface area contributed by atoms with Gasteiger partial charge in [0.2, 0.25) is 11.8 Å². The van der Waals surface area contributed by atoms with Crippen molar-refractivity contribution in [2.75, 3.05) is 19.6 Å². The number of carbonyl (C=O) groups excluding carboxylic acids is 2. The molecule has 12 nitrogen and oxygen atoms in total. The first-order valence-electron chi connectivity index (χ1n) is 11.5. The molecule has 0 aromatic heterocycles. The molecule has 2 amide bonds. The lowest BCUT2D eigenvalue weighted by atomic mass is 9.81. The fraction of sp³-hybridized carbons (Fsp3) is 0.545. The fourth-order valence-corrected chi connectivity index (χ4v) is 4.40. The number of aliphatic carboxylic acids is 1. The first kappa shape index (κ1) is 28.1. The Labute approximate surface area is 207 Å². The van der Waals surface area contributed by atoms with E-state index in [2.05, 4.69) is 20.3 Å². The molecule has 2 rings (SSSR count). The van der Waals surface area contributed by atoms with E-state index in [9.17, 15) is 23.7 Å². The molecular weight excluding hydrogens is 476 g/mol. The molecule has 0 spiro atoms. The number of guanidine groups is 1. The van der Waals surface area contributed by atoms with Crippen LogP contribution in [0.3, 0.4) is 0 Å². The van der Waals surface area contributed by atoms with Gasteiger partial charge in [-0.3, -0.25) is 19.4 Å². The van der Waals surface area contributed by atoms with Gasteiger partial charge in [0.1, 0.15) is 11.8 Å². The highest BCUT2D eigenvalue weighted by Crippen LogP contribution is 2.28.